The Kier molecular flexibility index (Phi) is 4.54. The zero-order chi connectivity index (χ0) is 12.1. The van der Waals surface area contributed by atoms with E-state index in [1.165, 1.54) is 5.56 Å². The van der Waals surface area contributed by atoms with Crippen LogP contribution in [0.5, 0.6) is 0 Å². The molecule has 17 heavy (non-hydrogen) atoms. The van der Waals surface area contributed by atoms with Crippen molar-refractivity contribution in [3.8, 4) is 0 Å². The molecule has 1 heterocycles. The van der Waals surface area contributed by atoms with E-state index in [0.29, 0.717) is 12.5 Å². The summed E-state index contributed by atoms with van der Waals surface area (Å²) >= 11 is 0. The van der Waals surface area contributed by atoms with Crippen LogP contribution < -0.4 is 11.1 Å². The van der Waals surface area contributed by atoms with Gasteiger partial charge in [0.2, 0.25) is 0 Å². The third-order valence-corrected chi connectivity index (χ3v) is 3.56. The van der Waals surface area contributed by atoms with Crippen molar-refractivity contribution in [1.82, 2.24) is 5.32 Å². The molecule has 3 heteroatoms. The minimum atomic E-state index is -0.324. The van der Waals surface area contributed by atoms with Crippen molar-refractivity contribution in [3.63, 3.8) is 0 Å². The Balaban J connectivity index is 2.06. The number of piperidine rings is 1. The van der Waals surface area contributed by atoms with Gasteiger partial charge in [-0.2, -0.15) is 0 Å². The molecule has 1 aromatic rings. The summed E-state index contributed by atoms with van der Waals surface area (Å²) in [7, 11) is 0. The van der Waals surface area contributed by atoms with Crippen molar-refractivity contribution < 1.29 is 5.11 Å². The molecule has 0 spiro atoms. The van der Waals surface area contributed by atoms with Crippen LogP contribution in [-0.2, 0) is 6.42 Å². The lowest BCUT2D eigenvalue weighted by atomic mass is 9.87. The molecule has 3 nitrogen and oxygen atoms in total. The van der Waals surface area contributed by atoms with Gasteiger partial charge in [0, 0.05) is 0 Å². The summed E-state index contributed by atoms with van der Waals surface area (Å²) in [6, 6.07) is 8.21. The highest BCUT2D eigenvalue weighted by molar-refractivity contribution is 5.26. The molecule has 0 amide bonds. The molecular weight excluding hydrogens is 212 g/mol. The maximum Gasteiger partial charge on any atom is 0.0819 e. The molecule has 1 unspecified atom stereocenters. The lowest BCUT2D eigenvalue weighted by molar-refractivity contribution is 0.0889. The third-order valence-electron chi connectivity index (χ3n) is 3.56. The Morgan fingerprint density at radius 1 is 1.35 bits per heavy atom. The highest BCUT2D eigenvalue weighted by Crippen LogP contribution is 2.29. The summed E-state index contributed by atoms with van der Waals surface area (Å²) in [6.45, 7) is 2.70. The van der Waals surface area contributed by atoms with Crippen LogP contribution in [0.1, 0.15) is 30.1 Å². The van der Waals surface area contributed by atoms with E-state index < -0.39 is 0 Å². The lowest BCUT2D eigenvalue weighted by Gasteiger charge is -2.27. The molecule has 1 aliphatic heterocycles. The van der Waals surface area contributed by atoms with E-state index in [1.807, 2.05) is 12.1 Å². The molecular formula is C14H22N2O. The quantitative estimate of drug-likeness (QED) is 0.734. The summed E-state index contributed by atoms with van der Waals surface area (Å²) in [6.07, 6.45) is 2.67. The van der Waals surface area contributed by atoms with Crippen LogP contribution in [0.2, 0.25) is 0 Å². The molecule has 1 aromatic carbocycles. The molecule has 0 aliphatic carbocycles. The topological polar surface area (TPSA) is 58.3 Å². The molecule has 0 bridgehead atoms. The van der Waals surface area contributed by atoms with E-state index in [4.69, 9.17) is 5.73 Å². The highest BCUT2D eigenvalue weighted by atomic mass is 16.3. The van der Waals surface area contributed by atoms with Gasteiger partial charge in [0.15, 0.2) is 0 Å². The normalized spacial score (nSPS) is 19.2. The van der Waals surface area contributed by atoms with E-state index in [2.05, 4.69) is 17.4 Å². The number of hydrogen-bond donors (Lipinski definition) is 3. The van der Waals surface area contributed by atoms with E-state index in [-0.39, 0.29) is 6.10 Å². The summed E-state index contributed by atoms with van der Waals surface area (Å²) in [5.41, 5.74) is 7.82. The molecule has 0 radical (unpaired) electrons. The van der Waals surface area contributed by atoms with Gasteiger partial charge in [-0.3, -0.25) is 0 Å². The zero-order valence-corrected chi connectivity index (χ0v) is 10.2. The van der Waals surface area contributed by atoms with E-state index in [1.54, 1.807) is 0 Å². The second-order valence-electron chi connectivity index (χ2n) is 4.82. The van der Waals surface area contributed by atoms with Crippen LogP contribution in [-0.4, -0.2) is 24.7 Å². The molecule has 1 aliphatic rings. The standard InChI is InChI=1S/C14H22N2O/c15-7-4-11-2-1-3-13(10-11)14(17)12-5-8-16-9-6-12/h1-3,10,12,14,16-17H,4-9,15H2. The van der Waals surface area contributed by atoms with Gasteiger partial charge in [-0.1, -0.05) is 24.3 Å². The summed E-state index contributed by atoms with van der Waals surface area (Å²) in [4.78, 5) is 0. The van der Waals surface area contributed by atoms with Crippen molar-refractivity contribution in [2.45, 2.75) is 25.4 Å². The largest absolute Gasteiger partial charge is 0.388 e. The van der Waals surface area contributed by atoms with Crippen molar-refractivity contribution in [2.24, 2.45) is 11.7 Å². The molecule has 94 valence electrons. The van der Waals surface area contributed by atoms with Crippen molar-refractivity contribution in [3.05, 3.63) is 35.4 Å². The summed E-state index contributed by atoms with van der Waals surface area (Å²) < 4.78 is 0. The van der Waals surface area contributed by atoms with Crippen LogP contribution in [0, 0.1) is 5.92 Å². The van der Waals surface area contributed by atoms with Gasteiger partial charge >= 0.3 is 0 Å². The number of benzene rings is 1. The van der Waals surface area contributed by atoms with Crippen LogP contribution in [0.3, 0.4) is 0 Å². The highest BCUT2D eigenvalue weighted by Gasteiger charge is 2.22. The molecule has 0 saturated carbocycles. The maximum absolute atomic E-state index is 10.4. The SMILES string of the molecule is NCCc1cccc(C(O)C2CCNCC2)c1. The maximum atomic E-state index is 10.4. The molecule has 4 N–H and O–H groups in total. The van der Waals surface area contributed by atoms with Crippen LogP contribution in [0.15, 0.2) is 24.3 Å². The monoisotopic (exact) mass is 234 g/mol. The predicted molar refractivity (Wildman–Crippen MR) is 69.8 cm³/mol. The van der Waals surface area contributed by atoms with Crippen LogP contribution in [0.4, 0.5) is 0 Å². The van der Waals surface area contributed by atoms with Gasteiger partial charge in [0.1, 0.15) is 0 Å². The van der Waals surface area contributed by atoms with Crippen LogP contribution >= 0.6 is 0 Å². The summed E-state index contributed by atoms with van der Waals surface area (Å²) in [5, 5.41) is 13.7. The van der Waals surface area contributed by atoms with Crippen LogP contribution in [0.25, 0.3) is 0 Å². The minimum absolute atomic E-state index is 0.324. The molecule has 2 rings (SSSR count). The second-order valence-corrected chi connectivity index (χ2v) is 4.82. The first kappa shape index (κ1) is 12.6. The van der Waals surface area contributed by atoms with Gasteiger partial charge in [0.25, 0.3) is 0 Å². The number of nitrogens with two attached hydrogens (primary N) is 1. The average Bonchev–Trinajstić information content (AvgIpc) is 2.40. The number of hydrogen-bond acceptors (Lipinski definition) is 3. The Bertz CT molecular complexity index is 348. The van der Waals surface area contributed by atoms with E-state index in [9.17, 15) is 5.11 Å². The van der Waals surface area contributed by atoms with Gasteiger partial charge < -0.3 is 16.2 Å². The first-order valence-electron chi connectivity index (χ1n) is 6.49. The number of aliphatic hydroxyl groups is 1. The van der Waals surface area contributed by atoms with Gasteiger partial charge in [-0.05, 0) is 55.9 Å². The van der Waals surface area contributed by atoms with Crippen molar-refractivity contribution in [2.75, 3.05) is 19.6 Å². The lowest BCUT2D eigenvalue weighted by Crippen LogP contribution is -2.30. The molecule has 1 saturated heterocycles. The fourth-order valence-corrected chi connectivity index (χ4v) is 2.53. The number of nitrogens with one attached hydrogen (secondary N) is 1. The van der Waals surface area contributed by atoms with Crippen molar-refractivity contribution >= 4 is 0 Å². The Morgan fingerprint density at radius 3 is 2.82 bits per heavy atom. The zero-order valence-electron chi connectivity index (χ0n) is 10.2. The van der Waals surface area contributed by atoms with Gasteiger partial charge in [0.05, 0.1) is 6.10 Å². The van der Waals surface area contributed by atoms with Gasteiger partial charge in [-0.15, -0.1) is 0 Å². The predicted octanol–water partition coefficient (Wildman–Crippen LogP) is 1.22. The van der Waals surface area contributed by atoms with Gasteiger partial charge in [-0.25, -0.2) is 0 Å². The Labute approximate surface area is 103 Å². The molecule has 1 atom stereocenters. The average molecular weight is 234 g/mol. The molecule has 1 fully saturated rings. The number of aliphatic hydroxyl groups excluding tert-OH is 1. The fraction of sp³-hybridized carbons (Fsp3) is 0.571. The summed E-state index contributed by atoms with van der Waals surface area (Å²) in [5.74, 6) is 0.393. The van der Waals surface area contributed by atoms with E-state index in [0.717, 1.165) is 37.9 Å². The first-order chi connectivity index (χ1) is 8.31. The van der Waals surface area contributed by atoms with Crippen molar-refractivity contribution in [1.29, 1.82) is 0 Å². The smallest absolute Gasteiger partial charge is 0.0819 e. The third kappa shape index (κ3) is 3.28. The minimum Gasteiger partial charge on any atom is -0.388 e. The Hall–Kier alpha value is -0.900. The Morgan fingerprint density at radius 2 is 2.12 bits per heavy atom. The second kappa shape index (κ2) is 6.15. The fourth-order valence-electron chi connectivity index (χ4n) is 2.53. The molecule has 0 aromatic heterocycles. The number of rotatable bonds is 4. The van der Waals surface area contributed by atoms with E-state index >= 15 is 0 Å². The first-order valence-corrected chi connectivity index (χ1v) is 6.49.